The first-order chi connectivity index (χ1) is 15.4. The second-order valence-electron chi connectivity index (χ2n) is 7.51. The molecule has 1 saturated heterocycles. The highest BCUT2D eigenvalue weighted by Crippen LogP contribution is 2.29. The second kappa shape index (κ2) is 9.41. The third kappa shape index (κ3) is 5.09. The molecule has 1 aliphatic heterocycles. The van der Waals surface area contributed by atoms with Gasteiger partial charge in [0.05, 0.1) is 17.4 Å². The predicted molar refractivity (Wildman–Crippen MR) is 115 cm³/mol. The number of carbonyl (C=O) groups is 1. The molecule has 1 fully saturated rings. The van der Waals surface area contributed by atoms with Crippen LogP contribution in [0.5, 0.6) is 0 Å². The monoisotopic (exact) mass is 459 g/mol. The molecule has 32 heavy (non-hydrogen) atoms. The maximum Gasteiger partial charge on any atom is 0.294 e. The van der Waals surface area contributed by atoms with E-state index in [2.05, 4.69) is 15.5 Å². The summed E-state index contributed by atoms with van der Waals surface area (Å²) in [6.45, 7) is 1.26. The lowest BCUT2D eigenvalue weighted by molar-refractivity contribution is -0.383. The van der Waals surface area contributed by atoms with E-state index in [4.69, 9.17) is 16.1 Å². The van der Waals surface area contributed by atoms with Gasteiger partial charge in [0.15, 0.2) is 0 Å². The summed E-state index contributed by atoms with van der Waals surface area (Å²) in [5.74, 6) is -0.0879. The van der Waals surface area contributed by atoms with Crippen molar-refractivity contribution in [2.24, 2.45) is 0 Å². The van der Waals surface area contributed by atoms with Crippen LogP contribution in [0, 0.1) is 15.9 Å². The van der Waals surface area contributed by atoms with Crippen LogP contribution in [-0.4, -0.2) is 45.5 Å². The van der Waals surface area contributed by atoms with Gasteiger partial charge in [0.2, 0.25) is 17.6 Å². The number of hydrogen-bond donors (Lipinski definition) is 1. The molecular formula is C21H19ClFN5O4. The summed E-state index contributed by atoms with van der Waals surface area (Å²) < 4.78 is 18.9. The minimum absolute atomic E-state index is 0.0567. The molecule has 1 atom stereocenters. The van der Waals surface area contributed by atoms with E-state index < -0.39 is 4.92 Å². The molecule has 2 heterocycles. The molecule has 2 aromatic carbocycles. The van der Waals surface area contributed by atoms with Gasteiger partial charge in [-0.2, -0.15) is 4.98 Å². The summed E-state index contributed by atoms with van der Waals surface area (Å²) in [7, 11) is 0. The molecule has 0 bridgehead atoms. The number of anilines is 1. The van der Waals surface area contributed by atoms with Crippen molar-refractivity contribution >= 4 is 28.9 Å². The highest BCUT2D eigenvalue weighted by molar-refractivity contribution is 6.31. The second-order valence-corrected chi connectivity index (χ2v) is 7.94. The molecule has 0 aliphatic carbocycles. The van der Waals surface area contributed by atoms with E-state index in [1.54, 1.807) is 12.1 Å². The van der Waals surface area contributed by atoms with Crippen LogP contribution in [0.25, 0.3) is 11.4 Å². The molecule has 1 aliphatic rings. The number of rotatable bonds is 6. The van der Waals surface area contributed by atoms with Crippen LogP contribution < -0.4 is 5.32 Å². The van der Waals surface area contributed by atoms with E-state index in [-0.39, 0.29) is 40.6 Å². The van der Waals surface area contributed by atoms with Gasteiger partial charge in [-0.25, -0.2) is 4.39 Å². The number of nitro groups is 1. The number of nitrogens with zero attached hydrogens (tertiary/aromatic N) is 4. The molecular weight excluding hydrogens is 441 g/mol. The van der Waals surface area contributed by atoms with Crippen molar-refractivity contribution in [3.63, 3.8) is 0 Å². The topological polar surface area (TPSA) is 114 Å². The fourth-order valence-electron chi connectivity index (χ4n) is 3.70. The van der Waals surface area contributed by atoms with Gasteiger partial charge in [-0.1, -0.05) is 28.9 Å². The standard InChI is InChI=1S/C21H19ClFN5O4/c22-15-6-7-17(18(10-15)28(30)31)24-19(29)12-27-8-2-4-14(11-27)21-25-20(26-32-21)13-3-1-5-16(23)9-13/h1,3,5-7,9-10,14H,2,4,8,11-12H2,(H,24,29). The van der Waals surface area contributed by atoms with Crippen LogP contribution in [0.2, 0.25) is 5.02 Å². The van der Waals surface area contributed by atoms with Crippen LogP contribution in [0.4, 0.5) is 15.8 Å². The number of aromatic nitrogens is 2. The maximum absolute atomic E-state index is 13.5. The SMILES string of the molecule is O=C(CN1CCCC(c2nc(-c3cccc(F)c3)no2)C1)Nc1ccc(Cl)cc1[N+](=O)[O-]. The van der Waals surface area contributed by atoms with Crippen LogP contribution in [0.15, 0.2) is 47.0 Å². The Kier molecular flexibility index (Phi) is 6.42. The summed E-state index contributed by atoms with van der Waals surface area (Å²) in [6.07, 6.45) is 1.63. The van der Waals surface area contributed by atoms with Crippen molar-refractivity contribution in [1.82, 2.24) is 15.0 Å². The Hall–Kier alpha value is -3.37. The Bertz CT molecular complexity index is 1150. The molecule has 3 aromatic rings. The Morgan fingerprint density at radius 1 is 1.34 bits per heavy atom. The first kappa shape index (κ1) is 21.8. The molecule has 4 rings (SSSR count). The summed E-state index contributed by atoms with van der Waals surface area (Å²) >= 11 is 5.81. The number of benzene rings is 2. The number of hydrogen-bond acceptors (Lipinski definition) is 7. The highest BCUT2D eigenvalue weighted by Gasteiger charge is 2.28. The Morgan fingerprint density at radius 2 is 2.19 bits per heavy atom. The number of nitro benzene ring substituents is 1. The van der Waals surface area contributed by atoms with Gasteiger partial charge in [0.25, 0.3) is 5.69 Å². The largest absolute Gasteiger partial charge is 0.339 e. The molecule has 1 N–H and O–H groups in total. The molecule has 1 unspecified atom stereocenters. The quantitative estimate of drug-likeness (QED) is 0.432. The number of piperidine rings is 1. The van der Waals surface area contributed by atoms with Crippen LogP contribution in [0.1, 0.15) is 24.7 Å². The lowest BCUT2D eigenvalue weighted by Gasteiger charge is -2.30. The minimum atomic E-state index is -0.593. The van der Waals surface area contributed by atoms with Gasteiger partial charge < -0.3 is 9.84 Å². The molecule has 0 saturated carbocycles. The van der Waals surface area contributed by atoms with E-state index in [0.717, 1.165) is 12.8 Å². The lowest BCUT2D eigenvalue weighted by Crippen LogP contribution is -2.39. The third-order valence-corrected chi connectivity index (χ3v) is 5.41. The first-order valence-electron chi connectivity index (χ1n) is 9.95. The zero-order valence-corrected chi connectivity index (χ0v) is 17.6. The van der Waals surface area contributed by atoms with Gasteiger partial charge in [0, 0.05) is 23.2 Å². The summed E-state index contributed by atoms with van der Waals surface area (Å²) in [5, 5.41) is 18.0. The van der Waals surface area contributed by atoms with Crippen LogP contribution >= 0.6 is 11.6 Å². The Labute approximate surface area is 187 Å². The number of likely N-dealkylation sites (tertiary alicyclic amines) is 1. The van der Waals surface area contributed by atoms with Crippen molar-refractivity contribution in [2.45, 2.75) is 18.8 Å². The van der Waals surface area contributed by atoms with Crippen LogP contribution in [-0.2, 0) is 4.79 Å². The van der Waals surface area contributed by atoms with E-state index >= 15 is 0 Å². The van der Waals surface area contributed by atoms with E-state index in [9.17, 15) is 19.3 Å². The van der Waals surface area contributed by atoms with E-state index in [1.165, 1.54) is 30.3 Å². The van der Waals surface area contributed by atoms with E-state index in [0.29, 0.717) is 30.4 Å². The molecule has 0 radical (unpaired) electrons. The third-order valence-electron chi connectivity index (χ3n) is 5.18. The average molecular weight is 460 g/mol. The fourth-order valence-corrected chi connectivity index (χ4v) is 3.87. The van der Waals surface area contributed by atoms with Crippen molar-refractivity contribution in [3.05, 3.63) is 69.3 Å². The number of carbonyl (C=O) groups excluding carboxylic acids is 1. The Balaban J connectivity index is 1.40. The normalized spacial score (nSPS) is 16.6. The maximum atomic E-state index is 13.5. The van der Waals surface area contributed by atoms with Crippen molar-refractivity contribution in [2.75, 3.05) is 25.0 Å². The predicted octanol–water partition coefficient (Wildman–Crippen LogP) is 4.26. The first-order valence-corrected chi connectivity index (χ1v) is 10.3. The summed E-state index contributed by atoms with van der Waals surface area (Å²) in [6, 6.07) is 10.0. The number of amides is 1. The fraction of sp³-hybridized carbons (Fsp3) is 0.286. The molecule has 1 aromatic heterocycles. The molecule has 166 valence electrons. The highest BCUT2D eigenvalue weighted by atomic mass is 35.5. The van der Waals surface area contributed by atoms with Gasteiger partial charge in [0.1, 0.15) is 11.5 Å². The van der Waals surface area contributed by atoms with E-state index in [1.807, 2.05) is 4.90 Å². The summed E-state index contributed by atoms with van der Waals surface area (Å²) in [5.41, 5.74) is 0.351. The van der Waals surface area contributed by atoms with Crippen molar-refractivity contribution in [1.29, 1.82) is 0 Å². The van der Waals surface area contributed by atoms with Crippen LogP contribution in [0.3, 0.4) is 0 Å². The lowest BCUT2D eigenvalue weighted by atomic mass is 9.98. The zero-order valence-electron chi connectivity index (χ0n) is 16.8. The van der Waals surface area contributed by atoms with Gasteiger partial charge in [-0.05, 0) is 43.7 Å². The minimum Gasteiger partial charge on any atom is -0.339 e. The smallest absolute Gasteiger partial charge is 0.294 e. The molecule has 9 nitrogen and oxygen atoms in total. The molecule has 11 heteroatoms. The number of halogens is 2. The molecule has 1 amide bonds. The zero-order chi connectivity index (χ0) is 22.7. The van der Waals surface area contributed by atoms with Crippen molar-refractivity contribution in [3.8, 4) is 11.4 Å². The van der Waals surface area contributed by atoms with Gasteiger partial charge >= 0.3 is 0 Å². The van der Waals surface area contributed by atoms with Gasteiger partial charge in [-0.15, -0.1) is 0 Å². The summed E-state index contributed by atoms with van der Waals surface area (Å²) in [4.78, 5) is 29.5. The number of nitrogens with one attached hydrogen (secondary N) is 1. The van der Waals surface area contributed by atoms with Gasteiger partial charge in [-0.3, -0.25) is 19.8 Å². The Morgan fingerprint density at radius 3 is 2.97 bits per heavy atom. The van der Waals surface area contributed by atoms with Crippen molar-refractivity contribution < 1.29 is 18.6 Å². The average Bonchev–Trinajstić information content (AvgIpc) is 3.25. The molecule has 0 spiro atoms.